The number of hydrogen-bond donors (Lipinski definition) is 4. The van der Waals surface area contributed by atoms with Crippen molar-refractivity contribution in [3.05, 3.63) is 0 Å². The van der Waals surface area contributed by atoms with Crippen LogP contribution in [0.2, 0.25) is 0 Å². The number of aliphatic hydroxyl groups excluding tert-OH is 1. The smallest absolute Gasteiger partial charge is 0.305 e. The van der Waals surface area contributed by atoms with Crippen LogP contribution in [-0.2, 0) is 14.3 Å². The minimum Gasteiger partial charge on any atom is -0.461 e. The minimum absolute atomic E-state index is 0.179. The zero-order valence-corrected chi connectivity index (χ0v) is 18.6. The van der Waals surface area contributed by atoms with Crippen molar-refractivity contribution in [1.82, 2.24) is 0 Å². The van der Waals surface area contributed by atoms with E-state index in [0.29, 0.717) is 19.3 Å². The second kappa shape index (κ2) is 5.79. The van der Waals surface area contributed by atoms with E-state index in [0.717, 1.165) is 0 Å². The topological polar surface area (TPSA) is 120 Å². The molecule has 4 aliphatic carbocycles. The van der Waals surface area contributed by atoms with Gasteiger partial charge in [-0.15, -0.1) is 0 Å². The maximum Gasteiger partial charge on any atom is 0.305 e. The molecule has 1 heterocycles. The molecule has 0 aromatic rings. The summed E-state index contributed by atoms with van der Waals surface area (Å²) in [6.07, 6.45) is -0.229. The SMILES string of the molecule is CCC(=O)O[C@@H]1[C@H]2CC[C@H]3[C@@](C)(O)[C@@H]4[C@@H]5O[C@@H]5C(C)(C)[C@@]4(O)[C@H](O)C[C@@]13C[C@@]2(C)O. The van der Waals surface area contributed by atoms with E-state index in [-0.39, 0.29) is 42.9 Å². The molecule has 0 amide bonds. The van der Waals surface area contributed by atoms with Crippen molar-refractivity contribution < 1.29 is 34.7 Å². The monoisotopic (exact) mass is 424 g/mol. The summed E-state index contributed by atoms with van der Waals surface area (Å²) in [5.41, 5.74) is -5.48. The van der Waals surface area contributed by atoms with Gasteiger partial charge in [-0.05, 0) is 45.4 Å². The van der Waals surface area contributed by atoms with E-state index in [1.54, 1.807) is 20.8 Å². The number of aliphatic hydroxyl groups is 4. The molecule has 30 heavy (non-hydrogen) atoms. The first kappa shape index (κ1) is 21.1. The maximum absolute atomic E-state index is 12.3. The fourth-order valence-corrected chi connectivity index (χ4v) is 8.66. The van der Waals surface area contributed by atoms with Gasteiger partial charge in [-0.25, -0.2) is 0 Å². The summed E-state index contributed by atoms with van der Waals surface area (Å²) < 4.78 is 11.8. The molecule has 1 aliphatic heterocycles. The predicted octanol–water partition coefficient (Wildman–Crippen LogP) is 1.15. The van der Waals surface area contributed by atoms with Crippen LogP contribution in [0.1, 0.15) is 66.7 Å². The van der Waals surface area contributed by atoms with E-state index in [1.807, 2.05) is 13.8 Å². The zero-order valence-electron chi connectivity index (χ0n) is 18.6. The van der Waals surface area contributed by atoms with Crippen molar-refractivity contribution >= 4 is 5.97 Å². The highest BCUT2D eigenvalue weighted by Gasteiger charge is 2.83. The van der Waals surface area contributed by atoms with E-state index >= 15 is 0 Å². The molecule has 7 nitrogen and oxygen atoms in total. The van der Waals surface area contributed by atoms with Crippen molar-refractivity contribution in [2.45, 2.75) is 108 Å². The van der Waals surface area contributed by atoms with Gasteiger partial charge in [0.15, 0.2) is 0 Å². The van der Waals surface area contributed by atoms with Gasteiger partial charge in [-0.2, -0.15) is 0 Å². The molecule has 11 atom stereocenters. The Labute approximate surface area is 177 Å². The summed E-state index contributed by atoms with van der Waals surface area (Å²) in [5, 5.41) is 46.8. The normalized spacial score (nSPS) is 60.2. The Hall–Kier alpha value is -0.730. The van der Waals surface area contributed by atoms with Crippen molar-refractivity contribution in [1.29, 1.82) is 0 Å². The third kappa shape index (κ3) is 2.21. The van der Waals surface area contributed by atoms with Crippen molar-refractivity contribution in [2.24, 2.45) is 28.6 Å². The van der Waals surface area contributed by atoms with Gasteiger partial charge in [0, 0.05) is 29.1 Å². The van der Waals surface area contributed by atoms with Gasteiger partial charge in [0.1, 0.15) is 11.7 Å². The van der Waals surface area contributed by atoms with E-state index in [2.05, 4.69) is 0 Å². The highest BCUT2D eigenvalue weighted by atomic mass is 16.6. The van der Waals surface area contributed by atoms with Gasteiger partial charge < -0.3 is 29.9 Å². The fourth-order valence-electron chi connectivity index (χ4n) is 8.66. The maximum atomic E-state index is 12.3. The Morgan fingerprint density at radius 2 is 1.80 bits per heavy atom. The third-order valence-corrected chi connectivity index (χ3v) is 9.91. The van der Waals surface area contributed by atoms with Crippen LogP contribution in [0.5, 0.6) is 0 Å². The molecule has 0 aromatic carbocycles. The number of fused-ring (bicyclic) bond motifs is 4. The van der Waals surface area contributed by atoms with Gasteiger partial charge in [0.25, 0.3) is 0 Å². The average molecular weight is 425 g/mol. The predicted molar refractivity (Wildman–Crippen MR) is 106 cm³/mol. The number of carbonyl (C=O) groups is 1. The van der Waals surface area contributed by atoms with E-state index < -0.39 is 45.8 Å². The van der Waals surface area contributed by atoms with E-state index in [4.69, 9.17) is 9.47 Å². The Bertz CT molecular complexity index is 776. The summed E-state index contributed by atoms with van der Waals surface area (Å²) in [5.74, 6) is -1.57. The molecule has 5 fully saturated rings. The molecule has 2 bridgehead atoms. The number of ether oxygens (including phenoxy) is 2. The highest BCUT2D eigenvalue weighted by molar-refractivity contribution is 5.69. The lowest BCUT2D eigenvalue weighted by Gasteiger charge is -2.52. The molecule has 5 aliphatic rings. The third-order valence-electron chi connectivity index (χ3n) is 9.91. The number of carbonyl (C=O) groups excluding carboxylic acids is 1. The average Bonchev–Trinajstić information content (AvgIpc) is 3.36. The molecular formula is C23H36O7. The molecule has 0 radical (unpaired) electrons. The second-order valence-corrected chi connectivity index (χ2v) is 11.8. The molecule has 5 rings (SSSR count). The molecule has 1 saturated heterocycles. The van der Waals surface area contributed by atoms with Crippen LogP contribution >= 0.6 is 0 Å². The van der Waals surface area contributed by atoms with Gasteiger partial charge >= 0.3 is 5.97 Å². The van der Waals surface area contributed by atoms with Crippen LogP contribution in [0.25, 0.3) is 0 Å². The largest absolute Gasteiger partial charge is 0.461 e. The van der Waals surface area contributed by atoms with Gasteiger partial charge in [-0.1, -0.05) is 20.8 Å². The summed E-state index contributed by atoms with van der Waals surface area (Å²) in [6.45, 7) is 9.04. The first-order valence-corrected chi connectivity index (χ1v) is 11.4. The van der Waals surface area contributed by atoms with Crippen molar-refractivity contribution in [3.8, 4) is 0 Å². The lowest BCUT2D eigenvalue weighted by molar-refractivity contribution is -0.223. The van der Waals surface area contributed by atoms with Gasteiger partial charge in [-0.3, -0.25) is 4.79 Å². The molecule has 170 valence electrons. The van der Waals surface area contributed by atoms with Gasteiger partial charge in [0.05, 0.1) is 29.5 Å². The molecule has 0 aromatic heterocycles. The zero-order chi connectivity index (χ0) is 22.1. The molecule has 4 N–H and O–H groups in total. The van der Waals surface area contributed by atoms with Crippen LogP contribution in [0, 0.1) is 28.6 Å². The summed E-state index contributed by atoms with van der Waals surface area (Å²) in [4.78, 5) is 12.3. The van der Waals surface area contributed by atoms with E-state index in [1.165, 1.54) is 0 Å². The van der Waals surface area contributed by atoms with E-state index in [9.17, 15) is 25.2 Å². The molecule has 4 saturated carbocycles. The fraction of sp³-hybridized carbons (Fsp3) is 0.957. The number of esters is 1. The lowest BCUT2D eigenvalue weighted by Crippen LogP contribution is -2.63. The number of rotatable bonds is 2. The Morgan fingerprint density at radius 3 is 2.43 bits per heavy atom. The van der Waals surface area contributed by atoms with Gasteiger partial charge in [0.2, 0.25) is 0 Å². The number of epoxide rings is 1. The van der Waals surface area contributed by atoms with Crippen LogP contribution < -0.4 is 0 Å². The van der Waals surface area contributed by atoms with Crippen LogP contribution in [0.15, 0.2) is 0 Å². The number of hydrogen-bond acceptors (Lipinski definition) is 7. The Morgan fingerprint density at radius 1 is 1.13 bits per heavy atom. The molecule has 1 spiro atoms. The first-order valence-electron chi connectivity index (χ1n) is 11.4. The summed E-state index contributed by atoms with van der Waals surface area (Å²) in [6, 6.07) is 0. The molecule has 7 heteroatoms. The molecular weight excluding hydrogens is 388 g/mol. The second-order valence-electron chi connectivity index (χ2n) is 11.8. The minimum atomic E-state index is -1.53. The summed E-state index contributed by atoms with van der Waals surface area (Å²) in [7, 11) is 0. The standard InChI is InChI=1S/C23H36O7/c1-6-14(25)29-17-11-7-8-12-21(5,27)16-15-18(30-15)19(2,3)23(16,28)13(24)9-22(12,17)10-20(11,4)26/h11-13,15-18,24,26-28H,6-10H2,1-5H3/t11-,12+,13-,15+,16+,17-,18+,20-,21-,22+,23-/m1/s1. The Balaban J connectivity index is 1.67. The highest BCUT2D eigenvalue weighted by Crippen LogP contribution is 2.73. The Kier molecular flexibility index (Phi) is 4.08. The summed E-state index contributed by atoms with van der Waals surface area (Å²) >= 11 is 0. The molecule has 0 unspecified atom stereocenters. The lowest BCUT2D eigenvalue weighted by atomic mass is 9.57. The van der Waals surface area contributed by atoms with Crippen LogP contribution in [0.4, 0.5) is 0 Å². The van der Waals surface area contributed by atoms with Crippen molar-refractivity contribution in [3.63, 3.8) is 0 Å². The quantitative estimate of drug-likeness (QED) is 0.388. The van der Waals surface area contributed by atoms with Crippen LogP contribution in [-0.4, -0.2) is 67.6 Å². The first-order chi connectivity index (χ1) is 13.7. The van der Waals surface area contributed by atoms with Crippen LogP contribution in [0.3, 0.4) is 0 Å². The van der Waals surface area contributed by atoms with Crippen molar-refractivity contribution in [2.75, 3.05) is 0 Å².